The van der Waals surface area contributed by atoms with Gasteiger partial charge in [-0.25, -0.2) is 0 Å². The fourth-order valence-corrected chi connectivity index (χ4v) is 2.59. The van der Waals surface area contributed by atoms with E-state index in [9.17, 15) is 9.90 Å². The van der Waals surface area contributed by atoms with Crippen LogP contribution in [0.1, 0.15) is 31.7 Å². The number of likely N-dealkylation sites (tertiary alicyclic amines) is 1. The summed E-state index contributed by atoms with van der Waals surface area (Å²) < 4.78 is 5.35. The Hall–Kier alpha value is -1.55. The standard InChI is InChI=1S/C16H23NO3/c1-13-6-9-17(10-7-13)12-14-2-4-15(5-3-14)20-11-8-16(18)19/h2-5,13H,6-12H2,1H3,(H,18,19). The molecule has 1 N–H and O–H groups in total. The maximum absolute atomic E-state index is 10.3. The van der Waals surface area contributed by atoms with E-state index >= 15 is 0 Å². The van der Waals surface area contributed by atoms with Gasteiger partial charge in [0, 0.05) is 18.0 Å². The van der Waals surface area contributed by atoms with Crippen LogP contribution in [-0.2, 0) is 11.3 Å². The molecule has 1 fully saturated rings. The van der Waals surface area contributed by atoms with Crippen LogP contribution in [0, 0.1) is 5.92 Å². The fourth-order valence-electron chi connectivity index (χ4n) is 2.59. The summed E-state index contributed by atoms with van der Waals surface area (Å²) in [6.45, 7) is 6.06. The van der Waals surface area contributed by atoms with Crippen LogP contribution in [0.5, 0.6) is 5.75 Å². The van der Waals surface area contributed by atoms with Crippen LogP contribution in [0.4, 0.5) is 0 Å². The zero-order valence-corrected chi connectivity index (χ0v) is 12.1. The van der Waals surface area contributed by atoms with Crippen molar-refractivity contribution in [2.75, 3.05) is 19.7 Å². The number of nitrogens with one attached hydrogen (secondary N) is 1. The summed E-state index contributed by atoms with van der Waals surface area (Å²) in [7, 11) is 0. The Morgan fingerprint density at radius 3 is 2.55 bits per heavy atom. The van der Waals surface area contributed by atoms with Crippen LogP contribution in [-0.4, -0.2) is 25.7 Å². The van der Waals surface area contributed by atoms with Crippen molar-refractivity contribution in [2.24, 2.45) is 5.92 Å². The van der Waals surface area contributed by atoms with E-state index in [0.29, 0.717) is 0 Å². The van der Waals surface area contributed by atoms with Crippen molar-refractivity contribution < 1.29 is 19.5 Å². The van der Waals surface area contributed by atoms with Crippen molar-refractivity contribution in [3.63, 3.8) is 0 Å². The van der Waals surface area contributed by atoms with Gasteiger partial charge in [-0.2, -0.15) is 0 Å². The number of carbonyl (C=O) groups is 1. The quantitative estimate of drug-likeness (QED) is 0.797. The van der Waals surface area contributed by atoms with Gasteiger partial charge in [-0.05, 0) is 43.0 Å². The van der Waals surface area contributed by atoms with Crippen molar-refractivity contribution in [1.29, 1.82) is 0 Å². The van der Waals surface area contributed by atoms with Crippen LogP contribution >= 0.6 is 0 Å². The number of piperidine rings is 1. The van der Waals surface area contributed by atoms with Gasteiger partial charge in [-0.3, -0.25) is 0 Å². The average Bonchev–Trinajstić information content (AvgIpc) is 2.43. The number of rotatable bonds is 6. The molecule has 1 aromatic rings. The number of quaternary nitrogens is 1. The average molecular weight is 277 g/mol. The Morgan fingerprint density at radius 1 is 1.30 bits per heavy atom. The van der Waals surface area contributed by atoms with Crippen LogP contribution in [0.25, 0.3) is 0 Å². The van der Waals surface area contributed by atoms with Crippen LogP contribution in [0.3, 0.4) is 0 Å². The number of hydrogen-bond donors (Lipinski definition) is 1. The number of benzene rings is 1. The molecule has 0 saturated carbocycles. The molecule has 110 valence electrons. The summed E-state index contributed by atoms with van der Waals surface area (Å²) in [5.41, 5.74) is 1.31. The molecule has 0 spiro atoms. The number of aliphatic carboxylic acids is 1. The maximum Gasteiger partial charge on any atom is 0.119 e. The zero-order chi connectivity index (χ0) is 14.4. The van der Waals surface area contributed by atoms with Gasteiger partial charge in [-0.15, -0.1) is 0 Å². The summed E-state index contributed by atoms with van der Waals surface area (Å²) in [5.74, 6) is 0.514. The van der Waals surface area contributed by atoms with E-state index < -0.39 is 5.97 Å². The highest BCUT2D eigenvalue weighted by Crippen LogP contribution is 2.12. The van der Waals surface area contributed by atoms with Crippen molar-refractivity contribution >= 4 is 5.97 Å². The normalized spacial score (nSPS) is 22.4. The molecule has 0 atom stereocenters. The van der Waals surface area contributed by atoms with Gasteiger partial charge < -0.3 is 19.5 Å². The molecule has 4 nitrogen and oxygen atoms in total. The van der Waals surface area contributed by atoms with E-state index in [1.54, 1.807) is 4.90 Å². The SMILES string of the molecule is CC1CC[NH+](Cc2ccc(OCCC(=O)[O-])cc2)CC1. The number of hydrogen-bond acceptors (Lipinski definition) is 3. The fraction of sp³-hybridized carbons (Fsp3) is 0.562. The molecule has 1 aliphatic heterocycles. The predicted molar refractivity (Wildman–Crippen MR) is 74.4 cm³/mol. The van der Waals surface area contributed by atoms with Crippen molar-refractivity contribution in [1.82, 2.24) is 0 Å². The number of carboxylic acids is 1. The molecule has 2 rings (SSSR count). The highest BCUT2D eigenvalue weighted by Gasteiger charge is 2.18. The molecule has 0 unspecified atom stereocenters. The first-order chi connectivity index (χ1) is 9.63. The number of ether oxygens (including phenoxy) is 1. The molecule has 0 bridgehead atoms. The summed E-state index contributed by atoms with van der Waals surface area (Å²) >= 11 is 0. The van der Waals surface area contributed by atoms with Crippen LogP contribution in [0.15, 0.2) is 24.3 Å². The summed E-state index contributed by atoms with van der Waals surface area (Å²) in [6.07, 6.45) is 2.57. The molecular weight excluding hydrogens is 254 g/mol. The van der Waals surface area contributed by atoms with E-state index in [2.05, 4.69) is 19.1 Å². The molecule has 4 heteroatoms. The van der Waals surface area contributed by atoms with E-state index in [1.165, 1.54) is 31.5 Å². The lowest BCUT2D eigenvalue weighted by molar-refractivity contribution is -0.919. The van der Waals surface area contributed by atoms with E-state index in [0.717, 1.165) is 18.2 Å². The molecule has 0 radical (unpaired) electrons. The van der Waals surface area contributed by atoms with E-state index in [4.69, 9.17) is 4.74 Å². The number of carboxylic acid groups (broad SMARTS) is 1. The maximum atomic E-state index is 10.3. The minimum absolute atomic E-state index is 0.0716. The lowest BCUT2D eigenvalue weighted by atomic mass is 9.99. The van der Waals surface area contributed by atoms with Gasteiger partial charge in [0.2, 0.25) is 0 Å². The Balaban J connectivity index is 1.77. The van der Waals surface area contributed by atoms with Gasteiger partial charge in [0.1, 0.15) is 12.3 Å². The first-order valence-corrected chi connectivity index (χ1v) is 7.38. The molecule has 20 heavy (non-hydrogen) atoms. The Bertz CT molecular complexity index is 422. The predicted octanol–water partition coefficient (Wildman–Crippen LogP) is 0.0202. The molecule has 1 aromatic carbocycles. The Kier molecular flexibility index (Phi) is 5.41. The monoisotopic (exact) mass is 277 g/mol. The van der Waals surface area contributed by atoms with Gasteiger partial charge in [0.25, 0.3) is 0 Å². The first-order valence-electron chi connectivity index (χ1n) is 7.38. The Labute approximate surface area is 120 Å². The van der Waals surface area contributed by atoms with E-state index in [-0.39, 0.29) is 13.0 Å². The lowest BCUT2D eigenvalue weighted by Gasteiger charge is -2.27. The van der Waals surface area contributed by atoms with Gasteiger partial charge in [0.15, 0.2) is 0 Å². The topological polar surface area (TPSA) is 53.8 Å². The van der Waals surface area contributed by atoms with Crippen molar-refractivity contribution in [3.05, 3.63) is 29.8 Å². The lowest BCUT2D eigenvalue weighted by Crippen LogP contribution is -3.11. The first kappa shape index (κ1) is 14.9. The molecule has 0 aromatic heterocycles. The second-order valence-corrected chi connectivity index (χ2v) is 5.72. The molecule has 1 aliphatic rings. The van der Waals surface area contributed by atoms with Gasteiger partial charge in [-0.1, -0.05) is 6.92 Å². The third-order valence-corrected chi connectivity index (χ3v) is 3.93. The van der Waals surface area contributed by atoms with Gasteiger partial charge >= 0.3 is 0 Å². The smallest absolute Gasteiger partial charge is 0.119 e. The minimum atomic E-state index is -1.08. The minimum Gasteiger partial charge on any atom is -0.550 e. The zero-order valence-electron chi connectivity index (χ0n) is 12.1. The van der Waals surface area contributed by atoms with E-state index in [1.807, 2.05) is 12.1 Å². The molecular formula is C16H23NO3. The van der Waals surface area contributed by atoms with Crippen LogP contribution in [0.2, 0.25) is 0 Å². The third kappa shape index (κ3) is 4.85. The molecule has 0 aliphatic carbocycles. The van der Waals surface area contributed by atoms with Gasteiger partial charge in [0.05, 0.1) is 19.7 Å². The summed E-state index contributed by atoms with van der Waals surface area (Å²) in [5, 5.41) is 10.3. The second kappa shape index (κ2) is 7.29. The molecule has 1 saturated heterocycles. The Morgan fingerprint density at radius 2 is 1.95 bits per heavy atom. The summed E-state index contributed by atoms with van der Waals surface area (Å²) in [6, 6.07) is 7.96. The largest absolute Gasteiger partial charge is 0.550 e. The van der Waals surface area contributed by atoms with Crippen LogP contribution < -0.4 is 14.7 Å². The highest BCUT2D eigenvalue weighted by molar-refractivity contribution is 5.64. The highest BCUT2D eigenvalue weighted by atomic mass is 16.5. The molecule has 1 heterocycles. The molecule has 0 amide bonds. The van der Waals surface area contributed by atoms with Crippen molar-refractivity contribution in [2.45, 2.75) is 32.7 Å². The summed E-state index contributed by atoms with van der Waals surface area (Å²) in [4.78, 5) is 11.9. The van der Waals surface area contributed by atoms with Crippen molar-refractivity contribution in [3.8, 4) is 5.75 Å². The number of carbonyl (C=O) groups excluding carboxylic acids is 1. The second-order valence-electron chi connectivity index (χ2n) is 5.72. The third-order valence-electron chi connectivity index (χ3n) is 3.93.